The molecule has 0 fully saturated rings. The lowest BCUT2D eigenvalue weighted by Crippen LogP contribution is -2.07. The molecule has 1 N–H and O–H groups in total. The van der Waals surface area contributed by atoms with Gasteiger partial charge in [-0.15, -0.1) is 0 Å². The number of benzene rings is 4. The van der Waals surface area contributed by atoms with Gasteiger partial charge in [0, 0.05) is 0 Å². The van der Waals surface area contributed by atoms with Gasteiger partial charge < -0.3 is 13.6 Å². The molecule has 0 aliphatic rings. The van der Waals surface area contributed by atoms with Crippen LogP contribution >= 0.6 is 7.82 Å². The van der Waals surface area contributed by atoms with Crippen LogP contribution in [0.5, 0.6) is 17.2 Å². The Kier molecular flexibility index (Phi) is 7.48. The molecule has 0 saturated heterocycles. The lowest BCUT2D eigenvalue weighted by Gasteiger charge is -2.19. The molecule has 0 saturated carbocycles. The van der Waals surface area contributed by atoms with E-state index in [1.165, 1.54) is 0 Å². The lowest BCUT2D eigenvalue weighted by atomic mass is 10.2. The van der Waals surface area contributed by atoms with Crippen molar-refractivity contribution in [3.63, 3.8) is 0 Å². The first-order valence-corrected chi connectivity index (χ1v) is 12.5. The average molecular weight is 487 g/mol. The molecule has 0 radical (unpaired) electrons. The molecule has 0 bridgehead atoms. The van der Waals surface area contributed by atoms with Gasteiger partial charge in [-0.1, -0.05) is 65.2 Å². The highest BCUT2D eigenvalue weighted by Gasteiger charge is 2.33. The number of para-hydroxylation sites is 2. The van der Waals surface area contributed by atoms with Crippen LogP contribution in [0.1, 0.15) is 16.7 Å². The third-order valence-corrected chi connectivity index (χ3v) is 6.24. The number of H-pyrrole nitrogens is 1. The summed E-state index contributed by atoms with van der Waals surface area (Å²) >= 11 is 0. The normalized spacial score (nSPS) is 10.8. The Morgan fingerprint density at radius 3 is 1.17 bits per heavy atom. The van der Waals surface area contributed by atoms with Crippen LogP contribution in [0.4, 0.5) is 0 Å². The molecular weight excluding hydrogens is 461 g/mol. The molecule has 1 aromatic heterocycles. The van der Waals surface area contributed by atoms with Gasteiger partial charge in [-0.3, -0.25) is 0 Å². The zero-order valence-corrected chi connectivity index (χ0v) is 20.6. The highest BCUT2D eigenvalue weighted by molar-refractivity contribution is 7.49. The van der Waals surface area contributed by atoms with Gasteiger partial charge in [-0.05, 0) is 69.3 Å². The minimum Gasteiger partial charge on any atom is -0.386 e. The van der Waals surface area contributed by atoms with Crippen LogP contribution in [-0.2, 0) is 4.57 Å². The predicted molar refractivity (Wildman–Crippen MR) is 137 cm³/mol. The van der Waals surface area contributed by atoms with Crippen molar-refractivity contribution >= 4 is 18.9 Å². The Bertz CT molecular complexity index is 1260. The molecule has 8 heteroatoms. The van der Waals surface area contributed by atoms with Crippen molar-refractivity contribution in [3.05, 3.63) is 114 Å². The summed E-state index contributed by atoms with van der Waals surface area (Å²) in [5, 5.41) is 10.3. The molecule has 35 heavy (non-hydrogen) atoms. The van der Waals surface area contributed by atoms with Crippen molar-refractivity contribution in [1.29, 1.82) is 0 Å². The number of nitrogens with one attached hydrogen (secondary N) is 1. The Balaban J connectivity index is 0.000000266. The molecule has 178 valence electrons. The summed E-state index contributed by atoms with van der Waals surface area (Å²) < 4.78 is 30.2. The summed E-state index contributed by atoms with van der Waals surface area (Å²) in [6, 6.07) is 29.3. The SMILES string of the molecule is Cc1ccc(OP(=O)(Oc2ccc(C)cc2)Oc2ccc(C)cc2)cc1.c1ccc2n[nH]nc2c1. The molecular formula is C27H26N3O4P. The fourth-order valence-corrected chi connectivity index (χ4v) is 4.28. The number of hydrogen-bond donors (Lipinski definition) is 1. The fraction of sp³-hybridized carbons (Fsp3) is 0.111. The van der Waals surface area contributed by atoms with E-state index in [9.17, 15) is 4.57 Å². The molecule has 0 aliphatic heterocycles. The molecule has 0 spiro atoms. The average Bonchev–Trinajstić information content (AvgIpc) is 3.33. The minimum absolute atomic E-state index is 0.415. The molecule has 0 aliphatic carbocycles. The van der Waals surface area contributed by atoms with E-state index in [1.54, 1.807) is 36.4 Å². The van der Waals surface area contributed by atoms with Crippen LogP contribution in [-0.4, -0.2) is 15.4 Å². The summed E-state index contributed by atoms with van der Waals surface area (Å²) in [7, 11) is -3.93. The highest BCUT2D eigenvalue weighted by Crippen LogP contribution is 2.49. The third-order valence-electron chi connectivity index (χ3n) is 4.94. The minimum atomic E-state index is -3.93. The number of fused-ring (bicyclic) bond motifs is 1. The smallest absolute Gasteiger partial charge is 0.386 e. The Morgan fingerprint density at radius 1 is 0.543 bits per heavy atom. The molecule has 5 aromatic rings. The van der Waals surface area contributed by atoms with E-state index in [0.717, 1.165) is 27.7 Å². The zero-order valence-electron chi connectivity index (χ0n) is 19.7. The van der Waals surface area contributed by atoms with E-state index in [0.29, 0.717) is 17.2 Å². The van der Waals surface area contributed by atoms with Gasteiger partial charge in [0.2, 0.25) is 0 Å². The number of aromatic amines is 1. The maximum Gasteiger partial charge on any atom is 0.647 e. The van der Waals surface area contributed by atoms with Crippen LogP contribution in [0.3, 0.4) is 0 Å². The van der Waals surface area contributed by atoms with Crippen molar-refractivity contribution in [2.24, 2.45) is 0 Å². The zero-order chi connectivity index (χ0) is 24.7. The fourth-order valence-electron chi connectivity index (χ4n) is 3.03. The van der Waals surface area contributed by atoms with Crippen LogP contribution in [0.15, 0.2) is 97.1 Å². The summed E-state index contributed by atoms with van der Waals surface area (Å²) in [5.41, 5.74) is 5.05. The van der Waals surface area contributed by atoms with Gasteiger partial charge in [-0.2, -0.15) is 20.0 Å². The first-order valence-electron chi connectivity index (χ1n) is 11.0. The van der Waals surface area contributed by atoms with Crippen LogP contribution in [0.25, 0.3) is 11.0 Å². The first kappa shape index (κ1) is 24.0. The van der Waals surface area contributed by atoms with Gasteiger partial charge in [0.1, 0.15) is 28.3 Å². The van der Waals surface area contributed by atoms with E-state index in [1.807, 2.05) is 81.4 Å². The van der Waals surface area contributed by atoms with Crippen LogP contribution < -0.4 is 13.6 Å². The van der Waals surface area contributed by atoms with Gasteiger partial charge in [0.05, 0.1) is 0 Å². The predicted octanol–water partition coefficient (Wildman–Crippen LogP) is 7.21. The van der Waals surface area contributed by atoms with E-state index >= 15 is 0 Å². The quantitative estimate of drug-likeness (QED) is 0.255. The topological polar surface area (TPSA) is 86.3 Å². The summed E-state index contributed by atoms with van der Waals surface area (Å²) in [6.07, 6.45) is 0. The van der Waals surface area contributed by atoms with Crippen molar-refractivity contribution in [1.82, 2.24) is 15.4 Å². The molecule has 1 heterocycles. The number of phosphoric acid groups is 1. The number of rotatable bonds is 6. The lowest BCUT2D eigenvalue weighted by molar-refractivity contribution is 0.298. The van der Waals surface area contributed by atoms with Crippen LogP contribution in [0.2, 0.25) is 0 Å². The number of hydrogen-bond acceptors (Lipinski definition) is 6. The second-order valence-electron chi connectivity index (χ2n) is 7.97. The summed E-state index contributed by atoms with van der Waals surface area (Å²) in [6.45, 7) is 5.90. The van der Waals surface area contributed by atoms with E-state index < -0.39 is 7.82 Å². The van der Waals surface area contributed by atoms with Gasteiger partial charge in [0.15, 0.2) is 0 Å². The molecule has 4 aromatic carbocycles. The van der Waals surface area contributed by atoms with E-state index in [2.05, 4.69) is 15.4 Å². The molecule has 0 atom stereocenters. The number of phosphoric ester groups is 1. The van der Waals surface area contributed by atoms with Crippen molar-refractivity contribution in [2.75, 3.05) is 0 Å². The second-order valence-corrected chi connectivity index (χ2v) is 9.41. The van der Waals surface area contributed by atoms with Crippen LogP contribution in [0, 0.1) is 20.8 Å². The number of nitrogens with zero attached hydrogens (tertiary/aromatic N) is 2. The summed E-state index contributed by atoms with van der Waals surface area (Å²) in [5.74, 6) is 1.24. The van der Waals surface area contributed by atoms with Gasteiger partial charge in [-0.25, -0.2) is 0 Å². The van der Waals surface area contributed by atoms with Gasteiger partial charge in [0.25, 0.3) is 0 Å². The monoisotopic (exact) mass is 487 g/mol. The van der Waals surface area contributed by atoms with E-state index in [4.69, 9.17) is 13.6 Å². The standard InChI is InChI=1S/C21H21O4P.C6H5N3/c1-16-4-10-19(11-5-16)23-26(22,24-20-12-6-17(2)7-13-20)25-21-14-8-18(3)9-15-21;1-2-4-6-5(3-1)7-9-8-6/h4-15H,1-3H3;1-4H,(H,7,8,9). The Labute approximate surface area is 204 Å². The molecule has 0 unspecified atom stereocenters. The number of aromatic nitrogens is 3. The maximum absolute atomic E-state index is 13.3. The largest absolute Gasteiger partial charge is 0.647 e. The van der Waals surface area contributed by atoms with Gasteiger partial charge >= 0.3 is 7.82 Å². The highest BCUT2D eigenvalue weighted by atomic mass is 31.2. The molecule has 7 nitrogen and oxygen atoms in total. The van der Waals surface area contributed by atoms with E-state index in [-0.39, 0.29) is 0 Å². The Hall–Kier alpha value is -4.09. The molecule has 0 amide bonds. The Morgan fingerprint density at radius 2 is 0.857 bits per heavy atom. The maximum atomic E-state index is 13.3. The third kappa shape index (κ3) is 6.95. The summed E-state index contributed by atoms with van der Waals surface area (Å²) in [4.78, 5) is 0. The van der Waals surface area contributed by atoms with Crippen molar-refractivity contribution in [3.8, 4) is 17.2 Å². The number of aryl methyl sites for hydroxylation is 3. The first-order chi connectivity index (χ1) is 16.9. The second kappa shape index (κ2) is 10.9. The van der Waals surface area contributed by atoms with Crippen molar-refractivity contribution < 1.29 is 18.1 Å². The molecule has 5 rings (SSSR count). The van der Waals surface area contributed by atoms with Crippen molar-refractivity contribution in [2.45, 2.75) is 20.8 Å².